The zero-order chi connectivity index (χ0) is 3.58. The Balaban J connectivity index is -0.0000000150. The van der Waals surface area contributed by atoms with Crippen LogP contribution in [0.5, 0.6) is 0 Å². The van der Waals surface area contributed by atoms with Gasteiger partial charge in [0.2, 0.25) is 0 Å². The molecule has 7 heavy (non-hydrogen) atoms. The molecule has 0 spiro atoms. The molecule has 3 nitrogen and oxygen atoms in total. The first-order chi connectivity index (χ1) is 1.73. The summed E-state index contributed by atoms with van der Waals surface area (Å²) < 4.78 is 0. The average molecular weight is 233 g/mol. The molecule has 0 unspecified atom stereocenters. The quantitative estimate of drug-likeness (QED) is 0.447. The van der Waals surface area contributed by atoms with Crippen LogP contribution in [0.25, 0.3) is 0 Å². The van der Waals surface area contributed by atoms with E-state index in [0.717, 1.165) is 0 Å². The van der Waals surface area contributed by atoms with Crippen molar-refractivity contribution < 1.29 is 15.7 Å². The van der Waals surface area contributed by atoms with Crippen molar-refractivity contribution in [1.82, 2.24) is 0 Å². The summed E-state index contributed by atoms with van der Waals surface area (Å²) >= 11 is 0. The van der Waals surface area contributed by atoms with Crippen LogP contribution in [0.2, 0.25) is 0 Å². The second kappa shape index (κ2) is 15.7. The number of carbonyl (C=O) groups excluding carboxylic acids is 1. The molecule has 0 radical (unpaired) electrons. The van der Waals surface area contributed by atoms with Gasteiger partial charge in [-0.3, -0.25) is 0 Å². The van der Waals surface area contributed by atoms with Crippen LogP contribution in [0.15, 0.2) is 0 Å². The Morgan fingerprint density at radius 2 is 1.14 bits per heavy atom. The SMILES string of the molecule is CC(C)=O.O.O.[BaH2]. The van der Waals surface area contributed by atoms with E-state index in [-0.39, 0.29) is 65.6 Å². The van der Waals surface area contributed by atoms with Crippen LogP contribution in [0.1, 0.15) is 13.8 Å². The van der Waals surface area contributed by atoms with Crippen molar-refractivity contribution in [2.75, 3.05) is 0 Å². The summed E-state index contributed by atoms with van der Waals surface area (Å²) in [6.07, 6.45) is 0. The van der Waals surface area contributed by atoms with Crippen LogP contribution in [0.4, 0.5) is 0 Å². The van der Waals surface area contributed by atoms with Crippen molar-refractivity contribution in [3.8, 4) is 0 Å². The zero-order valence-electron chi connectivity index (χ0n) is 3.91. The van der Waals surface area contributed by atoms with Gasteiger partial charge < -0.3 is 15.7 Å². The Morgan fingerprint density at radius 3 is 1.14 bits per heavy atom. The number of ketones is 1. The molecule has 0 aliphatic heterocycles. The molecule has 0 aromatic heterocycles. The average Bonchev–Trinajstić information content (AvgIpc) is 0.811. The second-order valence-corrected chi connectivity index (χ2v) is 0.908. The number of rotatable bonds is 0. The van der Waals surface area contributed by atoms with E-state index in [2.05, 4.69) is 0 Å². The maximum absolute atomic E-state index is 9.44. The van der Waals surface area contributed by atoms with Gasteiger partial charge in [-0.15, -0.1) is 0 Å². The van der Waals surface area contributed by atoms with Crippen molar-refractivity contribution in [1.29, 1.82) is 0 Å². The van der Waals surface area contributed by atoms with Gasteiger partial charge >= 0.3 is 48.9 Å². The number of Topliss-reactive ketones (excluding diaryl/α,β-unsaturated/α-hetero) is 1. The molecule has 0 saturated carbocycles. The Morgan fingerprint density at radius 1 is 1.14 bits per heavy atom. The van der Waals surface area contributed by atoms with E-state index >= 15 is 0 Å². The van der Waals surface area contributed by atoms with E-state index in [1.54, 1.807) is 0 Å². The van der Waals surface area contributed by atoms with Crippen LogP contribution in [-0.2, 0) is 4.79 Å². The molecule has 0 saturated heterocycles. The Kier molecular flexibility index (Phi) is 54.2. The molecule has 0 aromatic rings. The van der Waals surface area contributed by atoms with Crippen LogP contribution in [0, 0.1) is 0 Å². The van der Waals surface area contributed by atoms with E-state index < -0.39 is 0 Å². The van der Waals surface area contributed by atoms with Crippen LogP contribution in [-0.4, -0.2) is 65.6 Å². The fraction of sp³-hybridized carbons (Fsp3) is 0.667. The summed E-state index contributed by atoms with van der Waals surface area (Å²) in [5.74, 6) is 0.167. The van der Waals surface area contributed by atoms with Gasteiger partial charge in [0.05, 0.1) is 0 Å². The van der Waals surface area contributed by atoms with Crippen molar-refractivity contribution in [3.05, 3.63) is 0 Å². The third-order valence-corrected chi connectivity index (χ3v) is 0. The summed E-state index contributed by atoms with van der Waals surface area (Å²) in [4.78, 5) is 9.44. The van der Waals surface area contributed by atoms with Crippen molar-refractivity contribution >= 4 is 54.7 Å². The first kappa shape index (κ1) is 24.2. The Labute approximate surface area is 83.2 Å². The van der Waals surface area contributed by atoms with Crippen LogP contribution in [0.3, 0.4) is 0 Å². The van der Waals surface area contributed by atoms with Gasteiger partial charge in [-0.05, 0) is 13.8 Å². The Bertz CT molecular complexity index is 33.2. The van der Waals surface area contributed by atoms with E-state index in [1.165, 1.54) is 13.8 Å². The molecule has 0 aliphatic carbocycles. The van der Waals surface area contributed by atoms with Crippen molar-refractivity contribution in [2.45, 2.75) is 13.8 Å². The Hall–Kier alpha value is 1.16. The van der Waals surface area contributed by atoms with Gasteiger partial charge in [0.25, 0.3) is 0 Å². The zero-order valence-corrected chi connectivity index (χ0v) is 3.91. The molecule has 0 aromatic carbocycles. The summed E-state index contributed by atoms with van der Waals surface area (Å²) in [5, 5.41) is 0. The monoisotopic (exact) mass is 234 g/mol. The fourth-order valence-electron chi connectivity index (χ4n) is 0. The molecular formula is C3H12BaO3. The number of hydrogen-bond donors (Lipinski definition) is 0. The van der Waals surface area contributed by atoms with E-state index in [4.69, 9.17) is 0 Å². The third kappa shape index (κ3) is 141. The number of hydrogen-bond acceptors (Lipinski definition) is 1. The van der Waals surface area contributed by atoms with Gasteiger partial charge in [-0.1, -0.05) is 0 Å². The topological polar surface area (TPSA) is 80.1 Å². The van der Waals surface area contributed by atoms with E-state index in [0.29, 0.717) is 0 Å². The van der Waals surface area contributed by atoms with Gasteiger partial charge in [0, 0.05) is 0 Å². The fourth-order valence-corrected chi connectivity index (χ4v) is 0. The normalized spacial score (nSPS) is 3.71. The van der Waals surface area contributed by atoms with Gasteiger partial charge in [-0.2, -0.15) is 0 Å². The number of carbonyl (C=O) groups is 1. The molecule has 0 heterocycles. The molecule has 0 atom stereocenters. The van der Waals surface area contributed by atoms with Crippen molar-refractivity contribution in [2.24, 2.45) is 0 Å². The van der Waals surface area contributed by atoms with E-state index in [9.17, 15) is 4.79 Å². The molecule has 0 fully saturated rings. The standard InChI is InChI=1S/C3H6O.Ba.2H2O.2H/c1-3(2)4;;;;;/h1-2H3;;2*1H2;;. The van der Waals surface area contributed by atoms with Crippen LogP contribution < -0.4 is 0 Å². The molecule has 0 amide bonds. The van der Waals surface area contributed by atoms with Crippen molar-refractivity contribution in [3.63, 3.8) is 0 Å². The third-order valence-electron chi connectivity index (χ3n) is 0. The minimum absolute atomic E-state index is 0. The molecule has 44 valence electrons. The summed E-state index contributed by atoms with van der Waals surface area (Å²) in [7, 11) is 0. The van der Waals surface area contributed by atoms with Gasteiger partial charge in [0.1, 0.15) is 5.78 Å². The predicted octanol–water partition coefficient (Wildman–Crippen LogP) is -1.97. The minimum atomic E-state index is 0. The molecule has 4 N–H and O–H groups in total. The first-order valence-electron chi connectivity index (χ1n) is 1.20. The molecule has 4 heteroatoms. The van der Waals surface area contributed by atoms with Gasteiger partial charge in [-0.25, -0.2) is 0 Å². The predicted molar refractivity (Wildman–Crippen MR) is 32.1 cm³/mol. The molecular weight excluding hydrogens is 221 g/mol. The summed E-state index contributed by atoms with van der Waals surface area (Å²) in [6.45, 7) is 3.06. The van der Waals surface area contributed by atoms with E-state index in [1.807, 2.05) is 0 Å². The van der Waals surface area contributed by atoms with Gasteiger partial charge in [0.15, 0.2) is 0 Å². The first-order valence-corrected chi connectivity index (χ1v) is 1.20. The maximum atomic E-state index is 9.44. The summed E-state index contributed by atoms with van der Waals surface area (Å²) in [5.41, 5.74) is 0. The summed E-state index contributed by atoms with van der Waals surface area (Å²) in [6, 6.07) is 0. The molecule has 0 rings (SSSR count). The molecule has 0 aliphatic rings. The second-order valence-electron chi connectivity index (χ2n) is 0.908. The molecule has 0 bridgehead atoms. The van der Waals surface area contributed by atoms with Crippen LogP contribution >= 0.6 is 0 Å².